The normalized spacial score (nSPS) is 14.1. The van der Waals surface area contributed by atoms with Gasteiger partial charge in [0.1, 0.15) is 17.3 Å². The lowest BCUT2D eigenvalue weighted by atomic mass is 10.0. The summed E-state index contributed by atoms with van der Waals surface area (Å²) >= 11 is 6.19. The summed E-state index contributed by atoms with van der Waals surface area (Å²) in [5.74, 6) is -1.25. The lowest BCUT2D eigenvalue weighted by Crippen LogP contribution is -2.36. The van der Waals surface area contributed by atoms with Crippen LogP contribution in [0.25, 0.3) is 0 Å². The molecule has 1 aliphatic rings. The molecule has 0 fully saturated rings. The Morgan fingerprint density at radius 3 is 2.52 bits per heavy atom. The van der Waals surface area contributed by atoms with Crippen LogP contribution in [0.5, 0.6) is 0 Å². The lowest BCUT2D eigenvalue weighted by Gasteiger charge is -2.28. The van der Waals surface area contributed by atoms with Gasteiger partial charge in [0, 0.05) is 18.7 Å². The number of carbonyl (C=O) groups excluding carboxylic acids is 1. The van der Waals surface area contributed by atoms with E-state index in [1.165, 1.54) is 40.7 Å². The third kappa shape index (κ3) is 4.49. The molecule has 0 atom stereocenters. The standard InChI is InChI=1S/C23H19ClFNO4S/c24-20-10-9-17(23(27)30-15-19-7-3-4-8-21(19)25)13-22(20)31(28,29)26-12-11-16-5-1-2-6-18(16)14-26/h1-10,13H,11-12,14-15H2. The molecular formula is C23H19ClFNO4S. The molecule has 3 aromatic carbocycles. The van der Waals surface area contributed by atoms with Crippen molar-refractivity contribution in [2.45, 2.75) is 24.5 Å². The van der Waals surface area contributed by atoms with Crippen LogP contribution in [0.2, 0.25) is 5.02 Å². The minimum Gasteiger partial charge on any atom is -0.457 e. The van der Waals surface area contributed by atoms with Gasteiger partial charge in [-0.15, -0.1) is 0 Å². The summed E-state index contributed by atoms with van der Waals surface area (Å²) in [5.41, 5.74) is 2.31. The molecule has 4 rings (SSSR count). The second kappa shape index (κ2) is 8.78. The quantitative estimate of drug-likeness (QED) is 0.524. The Hall–Kier alpha value is -2.74. The van der Waals surface area contributed by atoms with Gasteiger partial charge >= 0.3 is 5.97 Å². The van der Waals surface area contributed by atoms with Gasteiger partial charge in [0.05, 0.1) is 10.6 Å². The largest absolute Gasteiger partial charge is 0.457 e. The van der Waals surface area contributed by atoms with E-state index in [0.29, 0.717) is 13.0 Å². The molecule has 1 heterocycles. The number of carbonyl (C=O) groups is 1. The number of hydrogen-bond donors (Lipinski definition) is 0. The fourth-order valence-corrected chi connectivity index (χ4v) is 5.40. The predicted molar refractivity (Wildman–Crippen MR) is 115 cm³/mol. The number of sulfonamides is 1. The van der Waals surface area contributed by atoms with Gasteiger partial charge in [0.15, 0.2) is 0 Å². The highest BCUT2D eigenvalue weighted by Crippen LogP contribution is 2.30. The maximum absolute atomic E-state index is 13.7. The van der Waals surface area contributed by atoms with Gasteiger partial charge in [0.2, 0.25) is 10.0 Å². The van der Waals surface area contributed by atoms with Crippen LogP contribution >= 0.6 is 11.6 Å². The molecule has 0 aromatic heterocycles. The molecular weight excluding hydrogens is 441 g/mol. The van der Waals surface area contributed by atoms with Crippen molar-refractivity contribution in [2.24, 2.45) is 0 Å². The van der Waals surface area contributed by atoms with E-state index in [0.717, 1.165) is 11.1 Å². The van der Waals surface area contributed by atoms with Crippen LogP contribution in [0.4, 0.5) is 4.39 Å². The van der Waals surface area contributed by atoms with E-state index in [1.54, 1.807) is 6.07 Å². The molecule has 0 radical (unpaired) electrons. The third-order valence-corrected chi connectivity index (χ3v) is 7.52. The number of rotatable bonds is 5. The molecule has 31 heavy (non-hydrogen) atoms. The monoisotopic (exact) mass is 459 g/mol. The molecule has 0 saturated heterocycles. The van der Waals surface area contributed by atoms with Crippen molar-refractivity contribution in [2.75, 3.05) is 6.54 Å². The number of esters is 1. The minimum absolute atomic E-state index is 0.0181. The van der Waals surface area contributed by atoms with Gasteiger partial charge in [-0.1, -0.05) is 54.1 Å². The van der Waals surface area contributed by atoms with Gasteiger partial charge in [-0.2, -0.15) is 4.31 Å². The van der Waals surface area contributed by atoms with Gasteiger partial charge in [-0.3, -0.25) is 0 Å². The van der Waals surface area contributed by atoms with Crippen molar-refractivity contribution >= 4 is 27.6 Å². The zero-order valence-electron chi connectivity index (χ0n) is 16.4. The minimum atomic E-state index is -3.93. The van der Waals surface area contributed by atoms with E-state index >= 15 is 0 Å². The number of ether oxygens (including phenoxy) is 1. The van der Waals surface area contributed by atoms with Gasteiger partial charge < -0.3 is 4.74 Å². The first-order chi connectivity index (χ1) is 14.9. The summed E-state index contributed by atoms with van der Waals surface area (Å²) in [6.45, 7) is 0.285. The molecule has 3 aromatic rings. The summed E-state index contributed by atoms with van der Waals surface area (Å²) in [6, 6.07) is 17.6. The Bertz CT molecular complexity index is 1250. The molecule has 0 spiro atoms. The maximum atomic E-state index is 13.7. The highest BCUT2D eigenvalue weighted by atomic mass is 35.5. The fourth-order valence-electron chi connectivity index (χ4n) is 3.48. The Kier molecular flexibility index (Phi) is 6.09. The molecule has 0 bridgehead atoms. The molecule has 0 N–H and O–H groups in total. The molecule has 160 valence electrons. The van der Waals surface area contributed by atoms with E-state index in [9.17, 15) is 17.6 Å². The van der Waals surface area contributed by atoms with Gasteiger partial charge in [-0.25, -0.2) is 17.6 Å². The summed E-state index contributed by atoms with van der Waals surface area (Å²) < 4.78 is 46.8. The SMILES string of the molecule is O=C(OCc1ccccc1F)c1ccc(Cl)c(S(=O)(=O)N2CCc3ccccc3C2)c1. The number of hydrogen-bond acceptors (Lipinski definition) is 4. The topological polar surface area (TPSA) is 63.7 Å². The second-order valence-corrected chi connectivity index (χ2v) is 9.48. The first-order valence-corrected chi connectivity index (χ1v) is 11.4. The number of benzene rings is 3. The molecule has 0 saturated carbocycles. The van der Waals surface area contributed by atoms with Crippen molar-refractivity contribution in [3.8, 4) is 0 Å². The predicted octanol–water partition coefficient (Wildman–Crippen LogP) is 4.58. The summed E-state index contributed by atoms with van der Waals surface area (Å²) in [6.07, 6.45) is 0.595. The Balaban J connectivity index is 1.56. The lowest BCUT2D eigenvalue weighted by molar-refractivity contribution is 0.0468. The highest BCUT2D eigenvalue weighted by Gasteiger charge is 2.30. The number of halogens is 2. The average Bonchev–Trinajstić information content (AvgIpc) is 2.78. The number of fused-ring (bicyclic) bond motifs is 1. The van der Waals surface area contributed by atoms with Crippen LogP contribution in [0.1, 0.15) is 27.0 Å². The van der Waals surface area contributed by atoms with Crippen molar-refractivity contribution in [1.82, 2.24) is 4.31 Å². The fraction of sp³-hybridized carbons (Fsp3) is 0.174. The number of nitrogens with zero attached hydrogens (tertiary/aromatic N) is 1. The summed E-state index contributed by atoms with van der Waals surface area (Å²) in [5, 5.41) is 0.0181. The smallest absolute Gasteiger partial charge is 0.338 e. The Morgan fingerprint density at radius 2 is 1.74 bits per heavy atom. The van der Waals surface area contributed by atoms with Gasteiger partial charge in [0.25, 0.3) is 0 Å². The zero-order valence-corrected chi connectivity index (χ0v) is 18.0. The molecule has 0 amide bonds. The van der Waals surface area contributed by atoms with Crippen LogP contribution in [0, 0.1) is 5.82 Å². The van der Waals surface area contributed by atoms with Crippen LogP contribution in [0.3, 0.4) is 0 Å². The molecule has 0 unspecified atom stereocenters. The van der Waals surface area contributed by atoms with Crippen LogP contribution in [-0.2, 0) is 34.3 Å². The Labute approximate surface area is 185 Å². The van der Waals surface area contributed by atoms with Crippen LogP contribution < -0.4 is 0 Å². The molecule has 8 heteroatoms. The highest BCUT2D eigenvalue weighted by molar-refractivity contribution is 7.89. The van der Waals surface area contributed by atoms with E-state index < -0.39 is 21.8 Å². The average molecular weight is 460 g/mol. The van der Waals surface area contributed by atoms with Crippen molar-refractivity contribution in [1.29, 1.82) is 0 Å². The van der Waals surface area contributed by atoms with E-state index in [2.05, 4.69) is 0 Å². The van der Waals surface area contributed by atoms with Gasteiger partial charge in [-0.05, 0) is 41.8 Å². The van der Waals surface area contributed by atoms with Crippen molar-refractivity contribution in [3.05, 3.63) is 99.8 Å². The first kappa shape index (κ1) is 21.5. The maximum Gasteiger partial charge on any atom is 0.338 e. The zero-order chi connectivity index (χ0) is 22.0. The molecule has 5 nitrogen and oxygen atoms in total. The summed E-state index contributed by atoms with van der Waals surface area (Å²) in [4.78, 5) is 12.3. The van der Waals surface area contributed by atoms with Crippen LogP contribution in [-0.4, -0.2) is 25.2 Å². The third-order valence-electron chi connectivity index (χ3n) is 5.20. The van der Waals surface area contributed by atoms with Crippen molar-refractivity contribution in [3.63, 3.8) is 0 Å². The molecule has 1 aliphatic heterocycles. The van der Waals surface area contributed by atoms with Crippen LogP contribution in [0.15, 0.2) is 71.6 Å². The summed E-state index contributed by atoms with van der Waals surface area (Å²) in [7, 11) is -3.93. The first-order valence-electron chi connectivity index (χ1n) is 9.63. The second-order valence-electron chi connectivity index (χ2n) is 7.17. The van der Waals surface area contributed by atoms with E-state index in [-0.39, 0.29) is 34.2 Å². The van der Waals surface area contributed by atoms with Crippen molar-refractivity contribution < 1.29 is 22.3 Å². The van der Waals surface area contributed by atoms with E-state index in [1.807, 2.05) is 24.3 Å². The Morgan fingerprint density at radius 1 is 1.03 bits per heavy atom. The molecule has 0 aliphatic carbocycles. The van der Waals surface area contributed by atoms with E-state index in [4.69, 9.17) is 16.3 Å².